The Bertz CT molecular complexity index is 36.0. The molecule has 0 aliphatic heterocycles. The summed E-state index contributed by atoms with van der Waals surface area (Å²) in [5.74, 6) is 0. The van der Waals surface area contributed by atoms with Crippen LogP contribution in [0, 0.1) is 0 Å². The van der Waals surface area contributed by atoms with E-state index >= 15 is 0 Å². The van der Waals surface area contributed by atoms with E-state index in [1.54, 1.807) is 0 Å². The molecule has 0 aromatic heterocycles. The van der Waals surface area contributed by atoms with E-state index in [-0.39, 0.29) is 94.9 Å². The second-order valence-corrected chi connectivity index (χ2v) is 0.758. The number of hydrogen-bond donors (Lipinski definition) is 2. The maximum atomic E-state index is 8.70. The smallest absolute Gasteiger partial charge is 0.870 e. The van der Waals surface area contributed by atoms with Gasteiger partial charge in [0.15, 0.2) is 0 Å². The van der Waals surface area contributed by atoms with Crippen molar-refractivity contribution < 1.29 is 60.3 Å². The Labute approximate surface area is 115 Å². The third kappa shape index (κ3) is 123. The van der Waals surface area contributed by atoms with Crippen LogP contribution in [0.5, 0.6) is 0 Å². The molecule has 0 rings (SSSR count). The van der Waals surface area contributed by atoms with Crippen molar-refractivity contribution >= 4 is 57.1 Å². The first-order valence-electron chi connectivity index (χ1n) is 0.583. The molecule has 0 aliphatic carbocycles. The maximum absolute atomic E-state index is 8.70. The fourth-order valence-corrected chi connectivity index (χ4v) is 0. The average Bonchev–Trinajstić information content (AvgIpc) is 0.811. The van der Waals surface area contributed by atoms with Crippen LogP contribution in [-0.4, -0.2) is 75.1 Å². The molecule has 0 aliphatic rings. The van der Waals surface area contributed by atoms with Crippen LogP contribution in [0.1, 0.15) is 0 Å². The van der Waals surface area contributed by atoms with Crippen molar-refractivity contribution in [1.29, 1.82) is 0 Å². The van der Waals surface area contributed by atoms with Crippen molar-refractivity contribution in [3.05, 3.63) is 0 Å². The summed E-state index contributed by atoms with van der Waals surface area (Å²) in [5, 5.41) is 0. The second-order valence-electron chi connectivity index (χ2n) is 0.253. The Kier molecular flexibility index (Phi) is 146. The molecule has 0 bridgehead atoms. The zero-order valence-corrected chi connectivity index (χ0v) is 12.1. The van der Waals surface area contributed by atoms with Crippen molar-refractivity contribution in [2.45, 2.75) is 0 Å². The van der Waals surface area contributed by atoms with Gasteiger partial charge in [-0.2, -0.15) is 0 Å². The van der Waals surface area contributed by atoms with E-state index in [0.29, 0.717) is 0 Å². The van der Waals surface area contributed by atoms with Gasteiger partial charge in [0.1, 0.15) is 0 Å². The summed E-state index contributed by atoms with van der Waals surface area (Å²) in [4.78, 5) is 14.2. The second kappa shape index (κ2) is 31.4. The van der Waals surface area contributed by atoms with E-state index in [9.17, 15) is 0 Å². The average molecular weight is 292 g/mol. The predicted octanol–water partition coefficient (Wildman–Crippen LogP) is -4.28. The van der Waals surface area contributed by atoms with E-state index < -0.39 is 8.25 Å². The Hall–Kier alpha value is 2.47. The summed E-state index contributed by atoms with van der Waals surface area (Å²) in [6.45, 7) is 0. The third-order valence-corrected chi connectivity index (χ3v) is 0. The molecule has 0 saturated heterocycles. The van der Waals surface area contributed by atoms with Crippen LogP contribution in [0.2, 0.25) is 0 Å². The van der Waals surface area contributed by atoms with E-state index in [4.69, 9.17) is 14.4 Å². The molecule has 0 saturated carbocycles. The summed E-state index contributed by atoms with van der Waals surface area (Å²) >= 11 is 0. The topological polar surface area (TPSA) is 148 Å². The van der Waals surface area contributed by atoms with Crippen LogP contribution in [0.4, 0.5) is 0 Å². The SMILES string of the molecule is O=[P+](O)O.[Ba+2].[Na+].[OH-].[OH-].[OH-]. The molecule has 0 atom stereocenters. The van der Waals surface area contributed by atoms with Gasteiger partial charge in [0.05, 0.1) is 0 Å². The quantitative estimate of drug-likeness (QED) is 0.341. The molecular formula is H5BaNaO6P+. The van der Waals surface area contributed by atoms with Crippen LogP contribution >= 0.6 is 8.25 Å². The van der Waals surface area contributed by atoms with Gasteiger partial charge < -0.3 is 16.4 Å². The zero-order chi connectivity index (χ0) is 3.58. The molecule has 9 heavy (non-hydrogen) atoms. The molecule has 9 heteroatoms. The van der Waals surface area contributed by atoms with Gasteiger partial charge in [-0.05, 0) is 0 Å². The molecule has 48 valence electrons. The zero-order valence-electron chi connectivity index (χ0n) is 4.80. The summed E-state index contributed by atoms with van der Waals surface area (Å²) < 4.78 is 8.70. The maximum Gasteiger partial charge on any atom is 2.00 e. The van der Waals surface area contributed by atoms with E-state index in [0.717, 1.165) is 0 Å². The molecule has 0 fully saturated rings. The summed E-state index contributed by atoms with van der Waals surface area (Å²) in [6.07, 6.45) is 0. The molecular weight excluding hydrogens is 287 g/mol. The largest absolute Gasteiger partial charge is 2.00 e. The Morgan fingerprint density at radius 3 is 1.00 bits per heavy atom. The molecule has 0 spiro atoms. The number of hydrogen-bond acceptors (Lipinski definition) is 4. The minimum absolute atomic E-state index is 0. The van der Waals surface area contributed by atoms with Crippen molar-refractivity contribution in [2.24, 2.45) is 0 Å². The van der Waals surface area contributed by atoms with Gasteiger partial charge in [-0.3, -0.25) is 0 Å². The van der Waals surface area contributed by atoms with Gasteiger partial charge in [0.25, 0.3) is 0 Å². The molecule has 6 nitrogen and oxygen atoms in total. The molecule has 0 aromatic carbocycles. The van der Waals surface area contributed by atoms with E-state index in [1.165, 1.54) is 0 Å². The van der Waals surface area contributed by atoms with Gasteiger partial charge >= 0.3 is 86.7 Å². The molecule has 5 N–H and O–H groups in total. The fourth-order valence-electron chi connectivity index (χ4n) is 0. The third-order valence-electron chi connectivity index (χ3n) is 0. The van der Waals surface area contributed by atoms with Crippen LogP contribution in [-0.2, 0) is 4.57 Å². The molecule has 0 amide bonds. The van der Waals surface area contributed by atoms with Gasteiger partial charge in [-0.1, -0.05) is 0 Å². The monoisotopic (exact) mass is 293 g/mol. The van der Waals surface area contributed by atoms with Gasteiger partial charge in [-0.25, -0.2) is 0 Å². The van der Waals surface area contributed by atoms with Gasteiger partial charge in [0, 0.05) is 4.57 Å². The Balaban J connectivity index is -0.00000000450. The van der Waals surface area contributed by atoms with E-state index in [2.05, 4.69) is 0 Å². The predicted molar refractivity (Wildman–Crippen MR) is 23.6 cm³/mol. The summed E-state index contributed by atoms with van der Waals surface area (Å²) in [6, 6.07) is 0. The molecule has 0 radical (unpaired) electrons. The van der Waals surface area contributed by atoms with Crippen LogP contribution in [0.15, 0.2) is 0 Å². The first kappa shape index (κ1) is 42.0. The number of rotatable bonds is 0. The van der Waals surface area contributed by atoms with Gasteiger partial charge in [-0.15, -0.1) is 9.79 Å². The van der Waals surface area contributed by atoms with Crippen molar-refractivity contribution in [2.75, 3.05) is 0 Å². The van der Waals surface area contributed by atoms with Crippen molar-refractivity contribution in [3.8, 4) is 0 Å². The van der Waals surface area contributed by atoms with Crippen molar-refractivity contribution in [1.82, 2.24) is 0 Å². The van der Waals surface area contributed by atoms with Crippen LogP contribution in [0.25, 0.3) is 0 Å². The standard InChI is InChI=1S/Ba.Na.HO3P.3H2O/c;;1-4(2)3;;;/h;;(H-,1,2,3);3*1H2/q+2;+1;;;;/p-2. The molecule has 0 heterocycles. The van der Waals surface area contributed by atoms with Crippen LogP contribution in [0.3, 0.4) is 0 Å². The minimum Gasteiger partial charge on any atom is -0.870 e. The normalized spacial score (nSPS) is 2.89. The molecule has 0 aromatic rings. The minimum atomic E-state index is -2.87. The first-order valence-corrected chi connectivity index (χ1v) is 1.75. The van der Waals surface area contributed by atoms with Crippen molar-refractivity contribution in [3.63, 3.8) is 0 Å². The van der Waals surface area contributed by atoms with E-state index in [1.807, 2.05) is 0 Å². The summed E-state index contributed by atoms with van der Waals surface area (Å²) in [5.41, 5.74) is 0. The Morgan fingerprint density at radius 2 is 1.00 bits per heavy atom. The Morgan fingerprint density at radius 1 is 1.00 bits per heavy atom. The molecule has 0 unspecified atom stereocenters. The summed E-state index contributed by atoms with van der Waals surface area (Å²) in [7, 11) is -2.87. The first-order chi connectivity index (χ1) is 1.73. The van der Waals surface area contributed by atoms with Crippen LogP contribution < -0.4 is 29.6 Å². The van der Waals surface area contributed by atoms with Gasteiger partial charge in [0.2, 0.25) is 0 Å². The fraction of sp³-hybridized carbons (Fsp3) is 0.